The summed E-state index contributed by atoms with van der Waals surface area (Å²) in [6.45, 7) is 2.02. The van der Waals surface area contributed by atoms with Crippen LogP contribution in [0.4, 0.5) is 0 Å². The normalized spacial score (nSPS) is 10.1. The molecule has 1 heterocycles. The Labute approximate surface area is 137 Å². The third-order valence-corrected chi connectivity index (χ3v) is 3.46. The number of aryl methyl sites for hydroxylation is 1. The number of carbonyl (C=O) groups is 2. The number of nitrogens with zero attached hydrogens (tertiary/aromatic N) is 1. The van der Waals surface area contributed by atoms with Crippen molar-refractivity contribution in [3.8, 4) is 0 Å². The number of aromatic nitrogens is 1. The number of pyridine rings is 1. The van der Waals surface area contributed by atoms with E-state index in [-0.39, 0.29) is 15.9 Å². The van der Waals surface area contributed by atoms with Crippen molar-refractivity contribution in [3.63, 3.8) is 0 Å². The van der Waals surface area contributed by atoms with Crippen LogP contribution in [0.5, 0.6) is 0 Å². The fraction of sp³-hybridized carbons (Fsp3) is 0.133. The molecule has 0 atom stereocenters. The van der Waals surface area contributed by atoms with Gasteiger partial charge in [0.05, 0.1) is 5.02 Å². The summed E-state index contributed by atoms with van der Waals surface area (Å²) in [5, 5.41) is 0.277. The molecule has 2 rings (SSSR count). The lowest BCUT2D eigenvalue weighted by atomic mass is 10.1. The molecule has 114 valence electrons. The fourth-order valence-electron chi connectivity index (χ4n) is 1.71. The van der Waals surface area contributed by atoms with Crippen LogP contribution >= 0.6 is 23.2 Å². The lowest BCUT2D eigenvalue weighted by molar-refractivity contribution is 0.0844. The summed E-state index contributed by atoms with van der Waals surface area (Å²) in [6.07, 6.45) is 0.886. The molecule has 0 saturated carbocycles. The minimum absolute atomic E-state index is 0.0594. The number of hydrazine groups is 1. The summed E-state index contributed by atoms with van der Waals surface area (Å²) in [7, 11) is 0. The maximum absolute atomic E-state index is 11.9. The van der Waals surface area contributed by atoms with E-state index in [1.54, 1.807) is 12.1 Å². The standard InChI is InChI=1S/C15H13Cl2N3O2/c1-2-9-3-5-10(6-4-9)14(21)19-20-15(22)13-11(16)7-8-12(17)18-13/h3-8H,2H2,1H3,(H,19,21)(H,20,22). The number of carbonyl (C=O) groups excluding carboxylic acids is 2. The first kappa shape index (κ1) is 16.3. The zero-order chi connectivity index (χ0) is 16.1. The van der Waals surface area contributed by atoms with E-state index in [1.807, 2.05) is 19.1 Å². The van der Waals surface area contributed by atoms with Crippen molar-refractivity contribution in [2.24, 2.45) is 0 Å². The Morgan fingerprint density at radius 3 is 2.27 bits per heavy atom. The summed E-state index contributed by atoms with van der Waals surface area (Å²) in [5.41, 5.74) is 6.05. The van der Waals surface area contributed by atoms with Crippen molar-refractivity contribution in [1.82, 2.24) is 15.8 Å². The molecule has 0 aliphatic heterocycles. The van der Waals surface area contributed by atoms with Crippen molar-refractivity contribution in [2.75, 3.05) is 0 Å². The average Bonchev–Trinajstić information content (AvgIpc) is 2.54. The molecule has 0 spiro atoms. The first-order valence-electron chi connectivity index (χ1n) is 6.53. The predicted octanol–water partition coefficient (Wildman–Crippen LogP) is 3.03. The maximum atomic E-state index is 11.9. The smallest absolute Gasteiger partial charge is 0.267 e. The third-order valence-electron chi connectivity index (χ3n) is 2.94. The topological polar surface area (TPSA) is 71.1 Å². The van der Waals surface area contributed by atoms with Crippen molar-refractivity contribution >= 4 is 35.0 Å². The van der Waals surface area contributed by atoms with Crippen molar-refractivity contribution < 1.29 is 9.59 Å². The van der Waals surface area contributed by atoms with Gasteiger partial charge in [-0.15, -0.1) is 0 Å². The molecule has 0 radical (unpaired) electrons. The highest BCUT2D eigenvalue weighted by atomic mass is 35.5. The van der Waals surface area contributed by atoms with Crippen LogP contribution in [0.25, 0.3) is 0 Å². The highest BCUT2D eigenvalue weighted by molar-refractivity contribution is 6.34. The first-order chi connectivity index (χ1) is 10.5. The molecular formula is C15H13Cl2N3O2. The SMILES string of the molecule is CCc1ccc(C(=O)NNC(=O)c2nc(Cl)ccc2Cl)cc1. The molecule has 2 amide bonds. The molecule has 0 fully saturated rings. The number of hydrogen-bond acceptors (Lipinski definition) is 3. The quantitative estimate of drug-likeness (QED) is 0.668. The zero-order valence-corrected chi connectivity index (χ0v) is 13.2. The van der Waals surface area contributed by atoms with Gasteiger partial charge in [0.1, 0.15) is 10.8 Å². The summed E-state index contributed by atoms with van der Waals surface area (Å²) in [5.74, 6) is -1.08. The number of amides is 2. The fourth-order valence-corrected chi connectivity index (χ4v) is 2.05. The molecule has 2 N–H and O–H groups in total. The summed E-state index contributed by atoms with van der Waals surface area (Å²) >= 11 is 11.6. The van der Waals surface area contributed by atoms with Gasteiger partial charge in [0.2, 0.25) is 0 Å². The number of halogens is 2. The minimum atomic E-state index is -0.647. The molecule has 22 heavy (non-hydrogen) atoms. The van der Waals surface area contributed by atoms with Crippen molar-refractivity contribution in [1.29, 1.82) is 0 Å². The van der Waals surface area contributed by atoms with Gasteiger partial charge in [0.25, 0.3) is 11.8 Å². The van der Waals surface area contributed by atoms with Crippen molar-refractivity contribution in [2.45, 2.75) is 13.3 Å². The Kier molecular flexibility index (Phi) is 5.35. The number of rotatable bonds is 3. The second-order valence-electron chi connectivity index (χ2n) is 4.42. The Hall–Kier alpha value is -2.11. The van der Waals surface area contributed by atoms with E-state index in [9.17, 15) is 9.59 Å². The molecule has 0 unspecified atom stereocenters. The van der Waals surface area contributed by atoms with Crippen LogP contribution in [0.3, 0.4) is 0 Å². The van der Waals surface area contributed by atoms with Crippen molar-refractivity contribution in [3.05, 3.63) is 63.4 Å². The lowest BCUT2D eigenvalue weighted by Gasteiger charge is -2.08. The Bertz CT molecular complexity index is 702. The second-order valence-corrected chi connectivity index (χ2v) is 5.22. The molecule has 0 saturated heterocycles. The lowest BCUT2D eigenvalue weighted by Crippen LogP contribution is -2.42. The Morgan fingerprint density at radius 2 is 1.64 bits per heavy atom. The van der Waals surface area contributed by atoms with Gasteiger partial charge in [-0.3, -0.25) is 20.4 Å². The Balaban J connectivity index is 2.00. The van der Waals surface area contributed by atoms with Crippen LogP contribution in [-0.2, 0) is 6.42 Å². The van der Waals surface area contributed by atoms with Crippen LogP contribution in [0.2, 0.25) is 10.2 Å². The van der Waals surface area contributed by atoms with Gasteiger partial charge in [-0.05, 0) is 36.2 Å². The van der Waals surface area contributed by atoms with Crippen LogP contribution < -0.4 is 10.9 Å². The zero-order valence-electron chi connectivity index (χ0n) is 11.7. The van der Waals surface area contributed by atoms with E-state index in [4.69, 9.17) is 23.2 Å². The highest BCUT2D eigenvalue weighted by Gasteiger charge is 2.14. The molecule has 0 bridgehead atoms. The number of benzene rings is 1. The maximum Gasteiger partial charge on any atom is 0.289 e. The van der Waals surface area contributed by atoms with E-state index >= 15 is 0 Å². The molecule has 1 aromatic carbocycles. The molecule has 0 aliphatic rings. The van der Waals surface area contributed by atoms with E-state index in [0.29, 0.717) is 5.56 Å². The molecule has 1 aromatic heterocycles. The van der Waals surface area contributed by atoms with Gasteiger partial charge < -0.3 is 0 Å². The van der Waals surface area contributed by atoms with Gasteiger partial charge in [-0.1, -0.05) is 42.3 Å². The van der Waals surface area contributed by atoms with Gasteiger partial charge in [0, 0.05) is 5.56 Å². The summed E-state index contributed by atoms with van der Waals surface area (Å²) in [4.78, 5) is 27.7. The second kappa shape index (κ2) is 7.24. The number of hydrogen-bond donors (Lipinski definition) is 2. The molecule has 2 aromatic rings. The minimum Gasteiger partial charge on any atom is -0.267 e. The molecular weight excluding hydrogens is 325 g/mol. The van der Waals surface area contributed by atoms with Gasteiger partial charge in [-0.2, -0.15) is 0 Å². The van der Waals surface area contributed by atoms with Gasteiger partial charge in [0.15, 0.2) is 0 Å². The van der Waals surface area contributed by atoms with E-state index < -0.39 is 11.8 Å². The van der Waals surface area contributed by atoms with Crippen LogP contribution in [0, 0.1) is 0 Å². The predicted molar refractivity (Wildman–Crippen MR) is 85.0 cm³/mol. The van der Waals surface area contributed by atoms with Gasteiger partial charge in [-0.25, -0.2) is 4.98 Å². The Morgan fingerprint density at radius 1 is 1.00 bits per heavy atom. The summed E-state index contributed by atoms with van der Waals surface area (Å²) in [6, 6.07) is 10.00. The molecule has 0 aliphatic carbocycles. The molecule has 7 heteroatoms. The first-order valence-corrected chi connectivity index (χ1v) is 7.28. The van der Waals surface area contributed by atoms with E-state index in [0.717, 1.165) is 12.0 Å². The van der Waals surface area contributed by atoms with Crippen LogP contribution in [-0.4, -0.2) is 16.8 Å². The van der Waals surface area contributed by atoms with E-state index in [1.165, 1.54) is 12.1 Å². The summed E-state index contributed by atoms with van der Waals surface area (Å²) < 4.78 is 0. The van der Waals surface area contributed by atoms with Crippen LogP contribution in [0.1, 0.15) is 33.3 Å². The largest absolute Gasteiger partial charge is 0.289 e. The highest BCUT2D eigenvalue weighted by Crippen LogP contribution is 2.16. The number of nitrogens with one attached hydrogen (secondary N) is 2. The average molecular weight is 338 g/mol. The van der Waals surface area contributed by atoms with Crippen LogP contribution in [0.15, 0.2) is 36.4 Å². The van der Waals surface area contributed by atoms with Gasteiger partial charge >= 0.3 is 0 Å². The third kappa shape index (κ3) is 3.96. The molecule has 5 nitrogen and oxygen atoms in total. The van der Waals surface area contributed by atoms with E-state index in [2.05, 4.69) is 15.8 Å². The monoisotopic (exact) mass is 337 g/mol.